The maximum absolute atomic E-state index is 12.9. The van der Waals surface area contributed by atoms with Crippen LogP contribution in [0.15, 0.2) is 71.4 Å². The summed E-state index contributed by atoms with van der Waals surface area (Å²) in [5.41, 5.74) is 2.57. The fourth-order valence-electron chi connectivity index (χ4n) is 4.79. The number of hydrogen-bond acceptors (Lipinski definition) is 5. The summed E-state index contributed by atoms with van der Waals surface area (Å²) >= 11 is 0. The molecule has 1 aliphatic heterocycles. The van der Waals surface area contributed by atoms with Gasteiger partial charge in [0.15, 0.2) is 5.76 Å². The normalized spacial score (nSPS) is 15.7. The van der Waals surface area contributed by atoms with Crippen LogP contribution in [0.5, 0.6) is 0 Å². The van der Waals surface area contributed by atoms with E-state index in [1.807, 2.05) is 29.4 Å². The highest BCUT2D eigenvalue weighted by atomic mass is 16.5. The third-order valence-electron chi connectivity index (χ3n) is 6.54. The second-order valence-electron chi connectivity index (χ2n) is 8.86. The molecule has 1 amide bonds. The van der Waals surface area contributed by atoms with E-state index in [1.165, 1.54) is 11.1 Å². The molecule has 33 heavy (non-hydrogen) atoms. The Bertz CT molecular complexity index is 998. The summed E-state index contributed by atoms with van der Waals surface area (Å²) in [7, 11) is 3.82. The van der Waals surface area contributed by atoms with Crippen LogP contribution in [0, 0.1) is 5.92 Å². The Labute approximate surface area is 196 Å². The van der Waals surface area contributed by atoms with Gasteiger partial charge in [-0.15, -0.1) is 0 Å². The van der Waals surface area contributed by atoms with E-state index >= 15 is 0 Å². The van der Waals surface area contributed by atoms with Gasteiger partial charge in [0, 0.05) is 45.2 Å². The Kier molecular flexibility index (Phi) is 7.92. The largest absolute Gasteiger partial charge is 0.453 e. The molecule has 0 spiro atoms. The zero-order valence-electron chi connectivity index (χ0n) is 19.5. The number of likely N-dealkylation sites (N-methyl/N-ethyl adjacent to an activating group) is 1. The van der Waals surface area contributed by atoms with Gasteiger partial charge >= 0.3 is 0 Å². The Morgan fingerprint density at radius 3 is 2.58 bits per heavy atom. The van der Waals surface area contributed by atoms with Gasteiger partial charge in [-0.3, -0.25) is 14.7 Å². The number of amides is 1. The van der Waals surface area contributed by atoms with E-state index < -0.39 is 0 Å². The minimum Gasteiger partial charge on any atom is -0.453 e. The van der Waals surface area contributed by atoms with Crippen molar-refractivity contribution in [1.29, 1.82) is 0 Å². The number of pyridine rings is 1. The smallest absolute Gasteiger partial charge is 0.289 e. The Morgan fingerprint density at radius 1 is 1.12 bits per heavy atom. The summed E-state index contributed by atoms with van der Waals surface area (Å²) in [5, 5.41) is 0. The number of likely N-dealkylation sites (tertiary alicyclic amines) is 1. The van der Waals surface area contributed by atoms with Gasteiger partial charge in [0.25, 0.3) is 5.91 Å². The molecule has 0 bridgehead atoms. The first-order valence-electron chi connectivity index (χ1n) is 11.6. The van der Waals surface area contributed by atoms with Crippen LogP contribution in [0.2, 0.25) is 0 Å². The number of aromatic nitrogens is 1. The number of ether oxygens (including phenoxy) is 1. The molecule has 1 aromatic carbocycles. The fraction of sp³-hybridized carbons (Fsp3) is 0.407. The van der Waals surface area contributed by atoms with Crippen LogP contribution in [0.4, 0.5) is 0 Å². The van der Waals surface area contributed by atoms with Crippen molar-refractivity contribution in [1.82, 2.24) is 14.8 Å². The number of hydrogen-bond donors (Lipinski definition) is 0. The SMILES string of the molecule is COCc1ccc(C(=O)N2CCC(C(Cc3ccccc3)N(C)Cc3cccnc3)CC2)o1. The average Bonchev–Trinajstić information content (AvgIpc) is 3.32. The molecule has 1 saturated heterocycles. The van der Waals surface area contributed by atoms with E-state index in [1.54, 1.807) is 13.2 Å². The van der Waals surface area contributed by atoms with E-state index in [9.17, 15) is 4.79 Å². The summed E-state index contributed by atoms with van der Waals surface area (Å²) in [5.74, 6) is 1.56. The summed E-state index contributed by atoms with van der Waals surface area (Å²) in [6.07, 6.45) is 6.71. The molecule has 3 aromatic rings. The molecule has 2 aromatic heterocycles. The van der Waals surface area contributed by atoms with Crippen molar-refractivity contribution in [2.75, 3.05) is 27.2 Å². The molecule has 0 radical (unpaired) electrons. The van der Waals surface area contributed by atoms with Gasteiger partial charge in [0.1, 0.15) is 12.4 Å². The minimum absolute atomic E-state index is 0.0286. The third kappa shape index (κ3) is 6.09. The molecule has 4 rings (SSSR count). The number of nitrogens with zero attached hydrogens (tertiary/aromatic N) is 3. The number of furan rings is 1. The standard InChI is InChI=1S/C27H33N3O3/c1-29(19-22-9-6-14-28-18-22)25(17-21-7-4-3-5-8-21)23-12-15-30(16-13-23)27(31)26-11-10-24(33-26)20-32-2/h3-11,14,18,23,25H,12-13,15-17,19-20H2,1-2H3. The molecule has 0 aliphatic carbocycles. The number of carbonyl (C=O) groups is 1. The maximum atomic E-state index is 12.9. The number of rotatable bonds is 9. The topological polar surface area (TPSA) is 58.8 Å². The van der Waals surface area contributed by atoms with E-state index in [0.717, 1.165) is 38.9 Å². The van der Waals surface area contributed by atoms with Gasteiger partial charge in [0.05, 0.1) is 0 Å². The Morgan fingerprint density at radius 2 is 1.88 bits per heavy atom. The first-order valence-corrected chi connectivity index (χ1v) is 11.6. The van der Waals surface area contributed by atoms with Crippen molar-refractivity contribution in [2.45, 2.75) is 38.5 Å². The number of carbonyl (C=O) groups excluding carboxylic acids is 1. The highest BCUT2D eigenvalue weighted by Gasteiger charge is 2.32. The first kappa shape index (κ1) is 23.2. The van der Waals surface area contributed by atoms with Gasteiger partial charge in [-0.25, -0.2) is 0 Å². The molecule has 1 fully saturated rings. The minimum atomic E-state index is -0.0286. The second kappa shape index (κ2) is 11.3. The molecule has 0 N–H and O–H groups in total. The Hall–Kier alpha value is -2.96. The summed E-state index contributed by atoms with van der Waals surface area (Å²) < 4.78 is 10.8. The van der Waals surface area contributed by atoms with Crippen LogP contribution in [0.3, 0.4) is 0 Å². The quantitative estimate of drug-likeness (QED) is 0.486. The molecule has 0 saturated carbocycles. The van der Waals surface area contributed by atoms with Gasteiger partial charge in [-0.2, -0.15) is 0 Å². The number of piperidine rings is 1. The molecule has 1 atom stereocenters. The molecule has 3 heterocycles. The zero-order chi connectivity index (χ0) is 23.0. The predicted octanol–water partition coefficient (Wildman–Crippen LogP) is 4.42. The van der Waals surface area contributed by atoms with Crippen LogP contribution in [-0.4, -0.2) is 54.0 Å². The van der Waals surface area contributed by atoms with Crippen molar-refractivity contribution in [2.24, 2.45) is 5.92 Å². The van der Waals surface area contributed by atoms with Gasteiger partial charge in [-0.05, 0) is 61.6 Å². The lowest BCUT2D eigenvalue weighted by molar-refractivity contribution is 0.0568. The van der Waals surface area contributed by atoms with Crippen LogP contribution in [-0.2, 0) is 24.3 Å². The summed E-state index contributed by atoms with van der Waals surface area (Å²) in [6.45, 7) is 2.73. The molecule has 1 unspecified atom stereocenters. The highest BCUT2D eigenvalue weighted by molar-refractivity contribution is 5.91. The molecule has 6 nitrogen and oxygen atoms in total. The maximum Gasteiger partial charge on any atom is 0.289 e. The van der Waals surface area contributed by atoms with Crippen molar-refractivity contribution in [3.63, 3.8) is 0 Å². The van der Waals surface area contributed by atoms with Gasteiger partial charge in [-0.1, -0.05) is 36.4 Å². The van der Waals surface area contributed by atoms with Gasteiger partial charge < -0.3 is 14.1 Å². The number of benzene rings is 1. The average molecular weight is 448 g/mol. The van der Waals surface area contributed by atoms with Crippen LogP contribution >= 0.6 is 0 Å². The zero-order valence-corrected chi connectivity index (χ0v) is 19.5. The van der Waals surface area contributed by atoms with Crippen molar-refractivity contribution >= 4 is 5.91 Å². The lowest BCUT2D eigenvalue weighted by atomic mass is 9.84. The molecule has 6 heteroatoms. The van der Waals surface area contributed by atoms with E-state index in [4.69, 9.17) is 9.15 Å². The molecule has 1 aliphatic rings. The second-order valence-corrected chi connectivity index (χ2v) is 8.86. The first-order chi connectivity index (χ1) is 16.1. The predicted molar refractivity (Wildman–Crippen MR) is 128 cm³/mol. The van der Waals surface area contributed by atoms with Crippen LogP contribution < -0.4 is 0 Å². The summed E-state index contributed by atoms with van der Waals surface area (Å²) in [4.78, 5) is 21.6. The van der Waals surface area contributed by atoms with Crippen LogP contribution in [0.1, 0.15) is 40.3 Å². The van der Waals surface area contributed by atoms with Crippen molar-refractivity contribution < 1.29 is 13.9 Å². The summed E-state index contributed by atoms with van der Waals surface area (Å²) in [6, 6.07) is 18.8. The van der Waals surface area contributed by atoms with Gasteiger partial charge in [0.2, 0.25) is 0 Å². The van der Waals surface area contributed by atoms with E-state index in [-0.39, 0.29) is 5.91 Å². The third-order valence-corrected chi connectivity index (χ3v) is 6.54. The fourth-order valence-corrected chi connectivity index (χ4v) is 4.79. The lowest BCUT2D eigenvalue weighted by Gasteiger charge is -2.40. The van der Waals surface area contributed by atoms with Crippen LogP contribution in [0.25, 0.3) is 0 Å². The Balaban J connectivity index is 1.42. The lowest BCUT2D eigenvalue weighted by Crippen LogP contribution is -2.46. The monoisotopic (exact) mass is 447 g/mol. The molecule has 174 valence electrons. The number of methoxy groups -OCH3 is 1. The van der Waals surface area contributed by atoms with Crippen molar-refractivity contribution in [3.05, 3.63) is 89.6 Å². The molecular formula is C27H33N3O3. The van der Waals surface area contributed by atoms with E-state index in [2.05, 4.69) is 53.3 Å². The highest BCUT2D eigenvalue weighted by Crippen LogP contribution is 2.28. The van der Waals surface area contributed by atoms with Crippen molar-refractivity contribution in [3.8, 4) is 0 Å². The molecular weight excluding hydrogens is 414 g/mol. The van der Waals surface area contributed by atoms with E-state index in [0.29, 0.717) is 30.1 Å².